The van der Waals surface area contributed by atoms with Crippen molar-refractivity contribution >= 4 is 21.3 Å². The molecule has 2 fully saturated rings. The van der Waals surface area contributed by atoms with Crippen molar-refractivity contribution in [3.05, 3.63) is 17.8 Å². The van der Waals surface area contributed by atoms with Crippen LogP contribution in [-0.2, 0) is 20.8 Å². The highest BCUT2D eigenvalue weighted by molar-refractivity contribution is 7.90. The molecule has 1 saturated heterocycles. The molecule has 1 aromatic rings. The molecule has 140 valence electrons. The van der Waals surface area contributed by atoms with Crippen molar-refractivity contribution in [2.24, 2.45) is 5.41 Å². The largest absolute Gasteiger partial charge is 0.418 e. The van der Waals surface area contributed by atoms with E-state index in [9.17, 15) is 21.6 Å². The molecule has 1 aromatic heterocycles. The van der Waals surface area contributed by atoms with Crippen molar-refractivity contribution in [2.45, 2.75) is 25.1 Å². The molecule has 2 N–H and O–H groups in total. The minimum absolute atomic E-state index is 0.00930. The third kappa shape index (κ3) is 4.00. The lowest BCUT2D eigenvalue weighted by molar-refractivity contribution is -0.137. The summed E-state index contributed by atoms with van der Waals surface area (Å²) in [7, 11) is -3.20. The standard InChI is InChI=1S/C15H20F3N3O3S/c1-25(22,23)9-14(2-3-14)12-8-21(4-5-24-12)11-7-20-13(19)6-10(11)15(16,17)18/h6-7,12H,2-5,8-9H2,1H3,(H2,19,20). The topological polar surface area (TPSA) is 85.5 Å². The van der Waals surface area contributed by atoms with Crippen LogP contribution in [0.5, 0.6) is 0 Å². The molecule has 0 amide bonds. The fraction of sp³-hybridized carbons (Fsp3) is 0.667. The molecule has 0 spiro atoms. The Morgan fingerprint density at radius 2 is 2.12 bits per heavy atom. The van der Waals surface area contributed by atoms with E-state index in [1.165, 1.54) is 6.26 Å². The first-order valence-electron chi connectivity index (χ1n) is 7.87. The van der Waals surface area contributed by atoms with Gasteiger partial charge in [-0.25, -0.2) is 13.4 Å². The summed E-state index contributed by atoms with van der Waals surface area (Å²) in [5.41, 5.74) is 4.02. The lowest BCUT2D eigenvalue weighted by Crippen LogP contribution is -2.48. The van der Waals surface area contributed by atoms with Crippen LogP contribution in [0.25, 0.3) is 0 Å². The van der Waals surface area contributed by atoms with Crippen molar-refractivity contribution in [3.63, 3.8) is 0 Å². The number of ether oxygens (including phenoxy) is 1. The normalized spacial score (nSPS) is 23.5. The van der Waals surface area contributed by atoms with E-state index >= 15 is 0 Å². The minimum Gasteiger partial charge on any atom is -0.384 e. The Hall–Kier alpha value is -1.55. The molecule has 2 heterocycles. The van der Waals surface area contributed by atoms with Gasteiger partial charge in [-0.2, -0.15) is 13.2 Å². The van der Waals surface area contributed by atoms with E-state index in [0.717, 1.165) is 12.3 Å². The molecule has 1 saturated carbocycles. The van der Waals surface area contributed by atoms with E-state index < -0.39 is 33.1 Å². The van der Waals surface area contributed by atoms with Crippen molar-refractivity contribution in [1.29, 1.82) is 0 Å². The fourth-order valence-corrected chi connectivity index (χ4v) is 4.94. The molecule has 1 atom stereocenters. The monoisotopic (exact) mass is 379 g/mol. The van der Waals surface area contributed by atoms with Crippen LogP contribution in [0.4, 0.5) is 24.7 Å². The molecule has 1 aliphatic carbocycles. The van der Waals surface area contributed by atoms with Gasteiger partial charge in [-0.05, 0) is 18.9 Å². The minimum atomic E-state index is -4.55. The molecule has 6 nitrogen and oxygen atoms in total. The maximum absolute atomic E-state index is 13.3. The van der Waals surface area contributed by atoms with Crippen molar-refractivity contribution in [3.8, 4) is 0 Å². The van der Waals surface area contributed by atoms with E-state index in [0.29, 0.717) is 12.8 Å². The number of nitrogen functional groups attached to an aromatic ring is 1. The maximum Gasteiger partial charge on any atom is 0.418 e. The maximum atomic E-state index is 13.3. The van der Waals surface area contributed by atoms with E-state index in [2.05, 4.69) is 4.98 Å². The number of sulfone groups is 1. The number of anilines is 2. The first kappa shape index (κ1) is 18.2. The van der Waals surface area contributed by atoms with Crippen LogP contribution in [0, 0.1) is 5.41 Å². The lowest BCUT2D eigenvalue weighted by atomic mass is 9.99. The van der Waals surface area contributed by atoms with Crippen LogP contribution in [0.2, 0.25) is 0 Å². The summed E-state index contributed by atoms with van der Waals surface area (Å²) in [5, 5.41) is 0. The van der Waals surface area contributed by atoms with Crippen LogP contribution in [0.3, 0.4) is 0 Å². The summed E-state index contributed by atoms with van der Waals surface area (Å²) < 4.78 is 69.0. The van der Waals surface area contributed by atoms with Crippen LogP contribution in [0.15, 0.2) is 12.3 Å². The number of nitrogens with zero attached hydrogens (tertiary/aromatic N) is 2. The highest BCUT2D eigenvalue weighted by atomic mass is 32.2. The highest BCUT2D eigenvalue weighted by Crippen LogP contribution is 2.52. The van der Waals surface area contributed by atoms with Gasteiger partial charge in [0.2, 0.25) is 0 Å². The summed E-state index contributed by atoms with van der Waals surface area (Å²) in [4.78, 5) is 5.35. The van der Waals surface area contributed by atoms with Gasteiger partial charge in [0, 0.05) is 24.8 Å². The van der Waals surface area contributed by atoms with Gasteiger partial charge < -0.3 is 15.4 Å². The number of hydrogen-bond donors (Lipinski definition) is 1. The average molecular weight is 379 g/mol. The first-order valence-corrected chi connectivity index (χ1v) is 9.93. The third-order valence-corrected chi connectivity index (χ3v) is 5.84. The van der Waals surface area contributed by atoms with Gasteiger partial charge in [0.25, 0.3) is 0 Å². The third-order valence-electron chi connectivity index (χ3n) is 4.74. The molecular weight excluding hydrogens is 359 g/mol. The van der Waals surface area contributed by atoms with Gasteiger partial charge in [-0.1, -0.05) is 0 Å². The Labute approximate surface area is 144 Å². The molecule has 1 unspecified atom stereocenters. The van der Waals surface area contributed by atoms with Crippen molar-refractivity contribution in [1.82, 2.24) is 4.98 Å². The average Bonchev–Trinajstić information content (AvgIpc) is 3.25. The first-order chi connectivity index (χ1) is 11.5. The molecule has 0 radical (unpaired) electrons. The second-order valence-corrected chi connectivity index (χ2v) is 9.00. The number of aromatic nitrogens is 1. The number of hydrogen-bond acceptors (Lipinski definition) is 6. The summed E-state index contributed by atoms with van der Waals surface area (Å²) in [6.07, 6.45) is -1.29. The quantitative estimate of drug-likeness (QED) is 0.857. The Morgan fingerprint density at radius 1 is 1.44 bits per heavy atom. The number of halogens is 3. The molecular formula is C15H20F3N3O3S. The predicted molar refractivity (Wildman–Crippen MR) is 87.0 cm³/mol. The Bertz CT molecular complexity index is 763. The SMILES string of the molecule is CS(=O)(=O)CC1(C2CN(c3cnc(N)cc3C(F)(F)F)CCO2)CC1. The molecule has 25 heavy (non-hydrogen) atoms. The van der Waals surface area contributed by atoms with Crippen LogP contribution >= 0.6 is 0 Å². The molecule has 10 heteroatoms. The highest BCUT2D eigenvalue weighted by Gasteiger charge is 2.53. The molecule has 0 aromatic carbocycles. The van der Waals surface area contributed by atoms with Gasteiger partial charge in [0.1, 0.15) is 15.7 Å². The van der Waals surface area contributed by atoms with E-state index in [1.54, 1.807) is 4.90 Å². The summed E-state index contributed by atoms with van der Waals surface area (Å²) in [5.74, 6) is -0.207. The van der Waals surface area contributed by atoms with E-state index in [4.69, 9.17) is 10.5 Å². The van der Waals surface area contributed by atoms with Crippen molar-refractivity contribution < 1.29 is 26.3 Å². The number of rotatable bonds is 4. The van der Waals surface area contributed by atoms with Gasteiger partial charge in [0.15, 0.2) is 0 Å². The van der Waals surface area contributed by atoms with Gasteiger partial charge in [-0.15, -0.1) is 0 Å². The zero-order chi connectivity index (χ0) is 18.5. The summed E-state index contributed by atoms with van der Waals surface area (Å²) in [6.45, 7) is 0.710. The smallest absolute Gasteiger partial charge is 0.384 e. The Morgan fingerprint density at radius 3 is 2.68 bits per heavy atom. The van der Waals surface area contributed by atoms with Crippen LogP contribution < -0.4 is 10.6 Å². The molecule has 1 aliphatic heterocycles. The second-order valence-electron chi connectivity index (χ2n) is 6.86. The number of alkyl halides is 3. The number of nitrogens with two attached hydrogens (primary N) is 1. The Balaban J connectivity index is 1.86. The van der Waals surface area contributed by atoms with Gasteiger partial charge in [-0.3, -0.25) is 0 Å². The number of pyridine rings is 1. The number of morpholine rings is 1. The summed E-state index contributed by atoms with van der Waals surface area (Å²) in [6, 6.07) is 0.823. The molecule has 2 aliphatic rings. The predicted octanol–water partition coefficient (Wildman–Crippen LogP) is 1.71. The van der Waals surface area contributed by atoms with Crippen LogP contribution in [0.1, 0.15) is 18.4 Å². The van der Waals surface area contributed by atoms with E-state index in [1.807, 2.05) is 0 Å². The summed E-state index contributed by atoms with van der Waals surface area (Å²) >= 11 is 0. The second kappa shape index (κ2) is 6.01. The Kier molecular flexibility index (Phi) is 4.39. The van der Waals surface area contributed by atoms with Gasteiger partial charge >= 0.3 is 6.18 Å². The zero-order valence-electron chi connectivity index (χ0n) is 13.7. The van der Waals surface area contributed by atoms with Gasteiger partial charge in [0.05, 0.1) is 35.9 Å². The lowest BCUT2D eigenvalue weighted by Gasteiger charge is -2.39. The van der Waals surface area contributed by atoms with Crippen LogP contribution in [-0.4, -0.2) is 51.2 Å². The zero-order valence-corrected chi connectivity index (χ0v) is 14.5. The molecule has 3 rings (SSSR count). The molecule has 0 bridgehead atoms. The fourth-order valence-electron chi connectivity index (χ4n) is 3.42. The van der Waals surface area contributed by atoms with Crippen molar-refractivity contribution in [2.75, 3.05) is 42.3 Å². The van der Waals surface area contributed by atoms with E-state index in [-0.39, 0.29) is 37.0 Å².